The first-order valence-corrected chi connectivity index (χ1v) is 4.43. The van der Waals surface area contributed by atoms with Crippen molar-refractivity contribution in [1.29, 1.82) is 0 Å². The van der Waals surface area contributed by atoms with Crippen molar-refractivity contribution < 1.29 is 108 Å². The molecule has 0 radical (unpaired) electrons. The predicted octanol–water partition coefficient (Wildman–Crippen LogP) is -5.10. The molecule has 1 atom stereocenters. The van der Waals surface area contributed by atoms with Crippen LogP contribution in [0.2, 0.25) is 0 Å². The van der Waals surface area contributed by atoms with Crippen LogP contribution in [-0.4, -0.2) is 56.3 Å². The van der Waals surface area contributed by atoms with Gasteiger partial charge in [-0.3, -0.25) is 0 Å². The Labute approximate surface area is 231 Å². The molecule has 0 bridgehead atoms. The first kappa shape index (κ1) is 69.8. The van der Waals surface area contributed by atoms with Crippen LogP contribution in [0.1, 0.15) is 0 Å². The third kappa shape index (κ3) is 1210. The largest absolute Gasteiger partial charge is 4.00 e. The minimum absolute atomic E-state index is 0. The van der Waals surface area contributed by atoms with Crippen LogP contribution in [0, 0.1) is 114 Å². The summed E-state index contributed by atoms with van der Waals surface area (Å²) < 4.78 is 0. The molecule has 0 aliphatic rings. The van der Waals surface area contributed by atoms with Gasteiger partial charge in [0.2, 0.25) is 0 Å². The molecule has 35 heavy (non-hydrogen) atoms. The Morgan fingerprint density at radius 2 is 0.343 bits per heavy atom. The van der Waals surface area contributed by atoms with Gasteiger partial charge in [0.05, 0.1) is 25.4 Å². The van der Waals surface area contributed by atoms with Gasteiger partial charge in [-0.05, 0) is 0 Å². The van der Waals surface area contributed by atoms with E-state index in [1.165, 1.54) is 0 Å². The summed E-state index contributed by atoms with van der Waals surface area (Å²) in [5, 5.41) is 115. The number of hydrogen-bond donors (Lipinski definition) is 3. The van der Waals surface area contributed by atoms with Gasteiger partial charge in [0.1, 0.15) is 0 Å². The summed E-state index contributed by atoms with van der Waals surface area (Å²) in [5.74, 6) is 0. The molecular weight excluding hydrogens is 578 g/mol. The molecular formula is CH6KN8O24P. The summed E-state index contributed by atoms with van der Waals surface area (Å²) in [7, 11) is 0. The van der Waals surface area contributed by atoms with Crippen molar-refractivity contribution in [3.63, 3.8) is 0 Å². The molecule has 3 N–H and O–H groups in total. The van der Waals surface area contributed by atoms with Crippen molar-refractivity contribution in [2.45, 2.75) is 0 Å². The maximum Gasteiger partial charge on any atom is 4.00 e. The average Bonchev–Trinajstić information content (AvgIpc) is 2.30. The molecule has 200 valence electrons. The fraction of sp³-hybridized carbons (Fsp3) is 0. The third-order valence-corrected chi connectivity index (χ3v) is 0. The maximum absolute atomic E-state index is 8.36. The molecule has 32 nitrogen and oxygen atoms in total. The van der Waals surface area contributed by atoms with E-state index in [-0.39, 0.29) is 68.7 Å². The van der Waals surface area contributed by atoms with E-state index in [1.807, 2.05) is 0 Å². The summed E-state index contributed by atoms with van der Waals surface area (Å²) in [5.41, 5.74) is 0. The van der Waals surface area contributed by atoms with E-state index in [0.717, 1.165) is 0 Å². The van der Waals surface area contributed by atoms with E-state index in [4.69, 9.17) is 123 Å². The first-order valence-electron chi connectivity index (χ1n) is 4.43. The Morgan fingerprint density at radius 3 is 0.343 bits per heavy atom. The molecule has 0 aliphatic heterocycles. The quantitative estimate of drug-likeness (QED) is 0.104. The second-order valence-electron chi connectivity index (χ2n) is 1.83. The normalized spacial score (nSPS) is 5.49. The van der Waals surface area contributed by atoms with Crippen molar-refractivity contribution >= 4 is 9.90 Å². The van der Waals surface area contributed by atoms with Gasteiger partial charge in [-0.1, -0.05) is 0 Å². The number of nitrogens with zero attached hydrogens (tertiary/aromatic N) is 8. The fourth-order valence-electron chi connectivity index (χ4n) is 0. The second kappa shape index (κ2) is 63.0. The van der Waals surface area contributed by atoms with Gasteiger partial charge >= 0.3 is 58.8 Å². The maximum atomic E-state index is 8.36. The predicted molar refractivity (Wildman–Crippen MR) is 92.5 cm³/mol. The van der Waals surface area contributed by atoms with E-state index in [2.05, 4.69) is 0 Å². The Hall–Kier alpha value is -4.33. The van der Waals surface area contributed by atoms with Crippen LogP contribution in [0.15, 0.2) is 0 Å². The zero-order chi connectivity index (χ0) is 28.6. The Bertz CT molecular complexity index is 374. The Kier molecular flexibility index (Phi) is 126. The SMILES string of the molecule is O=[N+]([O-])O.O=[N+]([O-])O.O=[N+]([O-])O.O=[N+]([O-])[O-].O=[N+]([O-])[O-].O=[N+]([O-])[O-].O=[N+]([O-])[O-].O=[N+]([O-])[O-].P.[C+4].[K+]. The van der Waals surface area contributed by atoms with E-state index >= 15 is 0 Å². The minimum Gasteiger partial charge on any atom is -0.356 e. The summed E-state index contributed by atoms with van der Waals surface area (Å²) >= 11 is 0. The van der Waals surface area contributed by atoms with Crippen LogP contribution in [-0.2, 0) is 0 Å². The molecule has 0 aromatic heterocycles. The zero-order valence-electron chi connectivity index (χ0n) is 15.7. The first-order chi connectivity index (χ1) is 13.9. The zero-order valence-corrected chi connectivity index (χ0v) is 20.2. The van der Waals surface area contributed by atoms with E-state index in [9.17, 15) is 0 Å². The Morgan fingerprint density at radius 1 is 0.343 bits per heavy atom. The molecule has 0 saturated carbocycles. The molecule has 0 saturated heterocycles. The van der Waals surface area contributed by atoms with E-state index in [1.54, 1.807) is 0 Å². The van der Waals surface area contributed by atoms with E-state index in [0.29, 0.717) is 0 Å². The van der Waals surface area contributed by atoms with Gasteiger partial charge in [0.25, 0.3) is 15.3 Å². The smallest absolute Gasteiger partial charge is 0.356 e. The monoisotopic (exact) mass is 584 g/mol. The molecule has 0 aromatic carbocycles. The molecule has 0 heterocycles. The van der Waals surface area contributed by atoms with E-state index < -0.39 is 40.7 Å². The van der Waals surface area contributed by atoms with Crippen molar-refractivity contribution in [1.82, 2.24) is 0 Å². The van der Waals surface area contributed by atoms with Crippen LogP contribution < -0.4 is 51.4 Å². The summed E-state index contributed by atoms with van der Waals surface area (Å²) in [6.07, 6.45) is 0. The van der Waals surface area contributed by atoms with Gasteiger partial charge in [-0.2, -0.15) is 9.90 Å². The second-order valence-corrected chi connectivity index (χ2v) is 1.83. The van der Waals surface area contributed by atoms with Crippen LogP contribution in [0.3, 0.4) is 0 Å². The van der Waals surface area contributed by atoms with Crippen LogP contribution in [0.5, 0.6) is 0 Å². The number of hydrogen-bond acceptors (Lipinski definition) is 21. The van der Waals surface area contributed by atoms with Gasteiger partial charge in [-0.15, -0.1) is 30.3 Å². The van der Waals surface area contributed by atoms with Gasteiger partial charge in [-0.25, -0.2) is 0 Å². The van der Waals surface area contributed by atoms with Crippen LogP contribution in [0.25, 0.3) is 0 Å². The summed E-state index contributed by atoms with van der Waals surface area (Å²) in [6, 6.07) is 0. The molecule has 0 spiro atoms. The van der Waals surface area contributed by atoms with Gasteiger partial charge < -0.3 is 92.2 Å². The van der Waals surface area contributed by atoms with Crippen molar-refractivity contribution in [3.05, 3.63) is 114 Å². The van der Waals surface area contributed by atoms with Crippen molar-refractivity contribution in [2.24, 2.45) is 0 Å². The molecule has 1 unspecified atom stereocenters. The minimum atomic E-state index is -1.75. The molecule has 0 amide bonds. The van der Waals surface area contributed by atoms with Gasteiger partial charge in [0.15, 0.2) is 0 Å². The molecule has 0 aromatic rings. The number of rotatable bonds is 0. The summed E-state index contributed by atoms with van der Waals surface area (Å²) in [4.78, 5) is 66.3. The summed E-state index contributed by atoms with van der Waals surface area (Å²) in [6.45, 7) is 0. The fourth-order valence-corrected chi connectivity index (χ4v) is 0. The van der Waals surface area contributed by atoms with Crippen LogP contribution >= 0.6 is 9.90 Å². The standard InChI is InChI=1S/C.K.3HNO3.5NO3.H3P/c;;8*2-1(3)4;/h;;3*(H,2,3,4);;;;;;1H3/q+4;+1;;;;5*-1;. The molecule has 34 heteroatoms. The molecule has 0 aliphatic carbocycles. The molecule has 0 rings (SSSR count). The topological polar surface area (TPSA) is 521 Å². The van der Waals surface area contributed by atoms with Crippen molar-refractivity contribution in [2.75, 3.05) is 0 Å². The van der Waals surface area contributed by atoms with Gasteiger partial charge in [0, 0.05) is 0 Å². The average molecular weight is 584 g/mol. The Balaban J connectivity index is -0.0000000206. The molecule has 0 fully saturated rings. The third-order valence-electron chi connectivity index (χ3n) is 0. The van der Waals surface area contributed by atoms with Crippen molar-refractivity contribution in [3.8, 4) is 0 Å². The van der Waals surface area contributed by atoms with Crippen LogP contribution in [0.4, 0.5) is 0 Å².